The number of ether oxygens (including phenoxy) is 5. The largest absolute Gasteiger partial charge is 0.508 e. The molecule has 6 rings (SSSR count). The van der Waals surface area contributed by atoms with Gasteiger partial charge in [-0.1, -0.05) is 125 Å². The van der Waals surface area contributed by atoms with Gasteiger partial charge in [-0.2, -0.15) is 0 Å². The Kier molecular flexibility index (Phi) is 53.4. The minimum atomic E-state index is -0.793. The summed E-state index contributed by atoms with van der Waals surface area (Å²) in [5.74, 6) is 0.0430. The van der Waals surface area contributed by atoms with E-state index in [1.54, 1.807) is 86.6 Å². The molecular formula is C73H100Cl2N4O16. The van der Waals surface area contributed by atoms with E-state index in [9.17, 15) is 33.6 Å². The van der Waals surface area contributed by atoms with Crippen LogP contribution in [0.1, 0.15) is 115 Å². The molecule has 0 saturated heterocycles. The first-order chi connectivity index (χ1) is 45.0. The van der Waals surface area contributed by atoms with Crippen molar-refractivity contribution in [3.8, 4) is 17.2 Å². The van der Waals surface area contributed by atoms with Gasteiger partial charge in [0.2, 0.25) is 0 Å². The van der Waals surface area contributed by atoms with Crippen LogP contribution >= 0.6 is 24.8 Å². The number of carbonyl (C=O) groups is 7. The van der Waals surface area contributed by atoms with Crippen molar-refractivity contribution >= 4 is 66.0 Å². The molecule has 0 bridgehead atoms. The predicted molar refractivity (Wildman–Crippen MR) is 377 cm³/mol. The number of hydrogen-bond acceptors (Lipinski definition) is 19. The van der Waals surface area contributed by atoms with Crippen LogP contribution in [0, 0.1) is 0 Å². The predicted octanol–water partition coefficient (Wildman–Crippen LogP) is 10.7. The number of aliphatic hydroxyl groups is 2. The van der Waals surface area contributed by atoms with Gasteiger partial charge in [0.15, 0.2) is 17.3 Å². The topological polar surface area (TPSA) is 268 Å². The molecule has 0 aliphatic carbocycles. The second kappa shape index (κ2) is 57.2. The third kappa shape index (κ3) is 41.9. The number of nitrogens with zero attached hydrogens (tertiary/aromatic N) is 3. The van der Waals surface area contributed by atoms with Crippen molar-refractivity contribution in [2.24, 2.45) is 0 Å². The van der Waals surface area contributed by atoms with Crippen LogP contribution in [-0.2, 0) is 33.4 Å². The molecule has 6 aromatic carbocycles. The Hall–Kier alpha value is -8.31. The molecule has 5 N–H and O–H groups in total. The smallest absolute Gasteiger partial charge is 0.330 e. The number of phenols is 1. The van der Waals surface area contributed by atoms with Crippen molar-refractivity contribution in [2.75, 3.05) is 118 Å². The lowest BCUT2D eigenvalue weighted by atomic mass is 10.0. The van der Waals surface area contributed by atoms with Crippen LogP contribution in [-0.4, -0.2) is 195 Å². The molecule has 522 valence electrons. The first-order valence-corrected chi connectivity index (χ1v) is 31.4. The van der Waals surface area contributed by atoms with Crippen LogP contribution in [0.2, 0.25) is 0 Å². The third-order valence-electron chi connectivity index (χ3n) is 13.1. The van der Waals surface area contributed by atoms with Gasteiger partial charge in [0.25, 0.3) is 0 Å². The Bertz CT molecular complexity index is 2980. The van der Waals surface area contributed by atoms with Crippen molar-refractivity contribution in [2.45, 2.75) is 67.7 Å². The van der Waals surface area contributed by atoms with E-state index in [0.29, 0.717) is 118 Å². The number of ketones is 3. The summed E-state index contributed by atoms with van der Waals surface area (Å²) in [5, 5.41) is 37.6. The fraction of sp³-hybridized carbons (Fsp3) is 0.384. The van der Waals surface area contributed by atoms with E-state index in [4.69, 9.17) is 39.4 Å². The van der Waals surface area contributed by atoms with Gasteiger partial charge < -0.3 is 54.3 Å². The number of aromatic hydroxyl groups is 1. The maximum Gasteiger partial charge on any atom is 0.330 e. The van der Waals surface area contributed by atoms with Gasteiger partial charge in [-0.3, -0.25) is 38.6 Å². The van der Waals surface area contributed by atoms with Gasteiger partial charge in [0, 0.05) is 85.3 Å². The van der Waals surface area contributed by atoms with Crippen molar-refractivity contribution in [3.05, 3.63) is 210 Å². The SMILES string of the molecule is C=CC(=O)OCC.CCN(CCOc1ccc(C(=O)c2ccccc2)cc1)CCC(=O)O.CCNCCO.CCOC(=O)CCN(CC)CCO.CCOC(=O)CCN(CC)CCOc1ccc(C(=O)c2ccccc2)cc1.Cl.Cl.O=C(c1ccccc1)c1ccc(O)cc1. The number of benzene rings is 6. The van der Waals surface area contributed by atoms with Crippen LogP contribution in [0.4, 0.5) is 0 Å². The highest BCUT2D eigenvalue weighted by Crippen LogP contribution is 2.18. The number of esters is 3. The van der Waals surface area contributed by atoms with E-state index in [1.807, 2.05) is 116 Å². The Balaban J connectivity index is 0. The molecule has 0 atom stereocenters. The highest BCUT2D eigenvalue weighted by atomic mass is 35.5. The zero-order valence-corrected chi connectivity index (χ0v) is 57.7. The van der Waals surface area contributed by atoms with Gasteiger partial charge in [0.05, 0.1) is 52.3 Å². The molecule has 0 aromatic heterocycles. The Morgan fingerprint density at radius 3 is 1.03 bits per heavy atom. The Labute approximate surface area is 574 Å². The minimum absolute atomic E-state index is 0. The van der Waals surface area contributed by atoms with Crippen LogP contribution in [0.15, 0.2) is 176 Å². The lowest BCUT2D eigenvalue weighted by molar-refractivity contribution is -0.144. The standard InChI is InChI=1S/C22H27NO4.C20H23NO4.C13H10O2.C9H19NO3.C5H8O2.C4H11NO.2ClH/c1-3-23(15-14-21(24)26-4-2)16-17-27-20-12-10-19(11-13-20)22(25)18-8-6-5-7-9-18;1-2-21(13-12-19(22)23)14-15-25-18-10-8-17(9-11-18)20(24)16-6-4-3-5-7-16;14-12-8-6-11(7-9-12)13(15)10-4-2-1-3-5-10;1-3-10(7-8-11)6-5-9(12)13-4-2;1-3-5(6)7-4-2;1-2-5-3-4-6;;/h5-13H,3-4,14-17H2,1-2H3;3-11H,2,12-15H2,1H3,(H,22,23);1-9,14H;11H,3-8H2,1-2H3;3H,1,4H2,2H3;5-6H,2-4H2,1H3;2*1H. The van der Waals surface area contributed by atoms with E-state index in [2.05, 4.69) is 28.5 Å². The molecule has 0 aliphatic heterocycles. The molecule has 0 unspecified atom stereocenters. The fourth-order valence-electron chi connectivity index (χ4n) is 7.97. The van der Waals surface area contributed by atoms with E-state index in [1.165, 1.54) is 12.1 Å². The van der Waals surface area contributed by atoms with E-state index in [0.717, 1.165) is 51.1 Å². The van der Waals surface area contributed by atoms with Crippen molar-refractivity contribution < 1.29 is 77.7 Å². The zero-order chi connectivity index (χ0) is 68.9. The number of hydrogen-bond donors (Lipinski definition) is 5. The van der Waals surface area contributed by atoms with Crippen molar-refractivity contribution in [1.82, 2.24) is 20.0 Å². The molecule has 95 heavy (non-hydrogen) atoms. The summed E-state index contributed by atoms with van der Waals surface area (Å²) in [6.07, 6.45) is 2.06. The van der Waals surface area contributed by atoms with Crippen LogP contribution in [0.25, 0.3) is 0 Å². The average molecular weight is 1360 g/mol. The number of carbonyl (C=O) groups excluding carboxylic acids is 6. The molecule has 0 saturated carbocycles. The summed E-state index contributed by atoms with van der Waals surface area (Å²) in [6.45, 7) is 27.2. The molecule has 22 heteroatoms. The van der Waals surface area contributed by atoms with Crippen molar-refractivity contribution in [1.29, 1.82) is 0 Å². The van der Waals surface area contributed by atoms with E-state index in [-0.39, 0.29) is 85.5 Å². The van der Waals surface area contributed by atoms with Gasteiger partial charge in [-0.15, -0.1) is 24.8 Å². The lowest BCUT2D eigenvalue weighted by Crippen LogP contribution is -2.30. The monoisotopic (exact) mass is 1360 g/mol. The number of rotatable bonds is 35. The van der Waals surface area contributed by atoms with Gasteiger partial charge in [-0.25, -0.2) is 4.79 Å². The maximum absolute atomic E-state index is 12.4. The molecule has 0 radical (unpaired) electrons. The molecule has 0 fully saturated rings. The highest BCUT2D eigenvalue weighted by molar-refractivity contribution is 6.10. The van der Waals surface area contributed by atoms with Crippen LogP contribution < -0.4 is 14.8 Å². The summed E-state index contributed by atoms with van der Waals surface area (Å²) in [7, 11) is 0. The number of aliphatic carboxylic acids is 1. The molecule has 0 amide bonds. The molecule has 6 aromatic rings. The number of halogens is 2. The number of carboxylic acid groups (broad SMARTS) is 1. The van der Waals surface area contributed by atoms with Gasteiger partial charge in [0.1, 0.15) is 30.5 Å². The molecule has 0 heterocycles. The first kappa shape index (κ1) is 88.7. The maximum atomic E-state index is 12.4. The number of carboxylic acids is 1. The van der Waals surface area contributed by atoms with E-state index >= 15 is 0 Å². The van der Waals surface area contributed by atoms with Gasteiger partial charge in [-0.05, 0) is 120 Å². The number of nitrogens with one attached hydrogen (secondary N) is 1. The molecule has 0 aliphatic rings. The average Bonchev–Trinajstić information content (AvgIpc) is 1.00. The summed E-state index contributed by atoms with van der Waals surface area (Å²) in [4.78, 5) is 85.9. The normalized spacial score (nSPS) is 9.94. The highest BCUT2D eigenvalue weighted by Gasteiger charge is 2.13. The third-order valence-corrected chi connectivity index (χ3v) is 13.1. The molecule has 20 nitrogen and oxygen atoms in total. The lowest BCUT2D eigenvalue weighted by Gasteiger charge is -2.20. The molecule has 0 spiro atoms. The van der Waals surface area contributed by atoms with E-state index < -0.39 is 5.97 Å². The Morgan fingerprint density at radius 2 is 0.758 bits per heavy atom. The molecular weight excluding hydrogens is 1260 g/mol. The number of aliphatic hydroxyl groups excluding tert-OH is 2. The quantitative estimate of drug-likeness (QED) is 0.00814. The second-order valence-electron chi connectivity index (χ2n) is 19.7. The van der Waals surface area contributed by atoms with Crippen LogP contribution in [0.3, 0.4) is 0 Å². The summed E-state index contributed by atoms with van der Waals surface area (Å²) in [6, 6.07) is 47.9. The first-order valence-electron chi connectivity index (χ1n) is 31.4. The van der Waals surface area contributed by atoms with Gasteiger partial charge >= 0.3 is 23.9 Å². The number of likely N-dealkylation sites (N-methyl/N-ethyl adjacent to an activating group) is 4. The summed E-state index contributed by atoms with van der Waals surface area (Å²) in [5.41, 5.74) is 3.83. The fourth-order valence-corrected chi connectivity index (χ4v) is 7.97. The summed E-state index contributed by atoms with van der Waals surface area (Å²) < 4.78 is 25.6. The Morgan fingerprint density at radius 1 is 0.432 bits per heavy atom. The second-order valence-corrected chi connectivity index (χ2v) is 19.7. The van der Waals surface area contributed by atoms with Crippen LogP contribution in [0.5, 0.6) is 17.2 Å². The minimum Gasteiger partial charge on any atom is -0.508 e. The summed E-state index contributed by atoms with van der Waals surface area (Å²) >= 11 is 0. The zero-order valence-electron chi connectivity index (χ0n) is 56.1. The van der Waals surface area contributed by atoms with Crippen molar-refractivity contribution in [3.63, 3.8) is 0 Å². The number of phenolic OH excluding ortho intramolecular Hbond substituents is 1.